The van der Waals surface area contributed by atoms with Gasteiger partial charge >= 0.3 is 0 Å². The Labute approximate surface area is 169 Å². The highest BCUT2D eigenvalue weighted by molar-refractivity contribution is 6.24. The SMILES string of the molecule is CC1CCN(C(=O)C(C)N2C(=O)c3cccc([N+](=O)[O-])c3C2=O)C2CCCCC12. The minimum absolute atomic E-state index is 0.00772. The number of nitrogens with zero attached hydrogens (tertiary/aromatic N) is 3. The van der Waals surface area contributed by atoms with Gasteiger partial charge in [0, 0.05) is 18.7 Å². The zero-order valence-electron chi connectivity index (χ0n) is 16.7. The van der Waals surface area contributed by atoms with E-state index in [1.165, 1.54) is 24.6 Å². The first-order chi connectivity index (χ1) is 13.8. The summed E-state index contributed by atoms with van der Waals surface area (Å²) in [7, 11) is 0. The third-order valence-electron chi connectivity index (χ3n) is 6.89. The molecule has 3 amide bonds. The lowest BCUT2D eigenvalue weighted by molar-refractivity contribution is -0.385. The predicted octanol–water partition coefficient (Wildman–Crippen LogP) is 3.01. The van der Waals surface area contributed by atoms with Crippen molar-refractivity contribution >= 4 is 23.4 Å². The van der Waals surface area contributed by atoms with E-state index < -0.39 is 28.5 Å². The number of hydrogen-bond acceptors (Lipinski definition) is 5. The van der Waals surface area contributed by atoms with E-state index in [9.17, 15) is 24.5 Å². The van der Waals surface area contributed by atoms with Gasteiger partial charge in [0.05, 0.1) is 10.5 Å². The molecule has 0 spiro atoms. The van der Waals surface area contributed by atoms with Crippen molar-refractivity contribution in [3.63, 3.8) is 0 Å². The van der Waals surface area contributed by atoms with Gasteiger partial charge in [-0.3, -0.25) is 29.4 Å². The number of nitro benzene ring substituents is 1. The zero-order valence-corrected chi connectivity index (χ0v) is 16.7. The van der Waals surface area contributed by atoms with Gasteiger partial charge < -0.3 is 4.90 Å². The van der Waals surface area contributed by atoms with Crippen LogP contribution < -0.4 is 0 Å². The number of benzene rings is 1. The molecule has 0 radical (unpaired) electrons. The normalized spacial score (nSPS) is 27.4. The summed E-state index contributed by atoms with van der Waals surface area (Å²) in [6.07, 6.45) is 5.20. The number of fused-ring (bicyclic) bond motifs is 2. The van der Waals surface area contributed by atoms with Crippen LogP contribution in [0.2, 0.25) is 0 Å². The van der Waals surface area contributed by atoms with Gasteiger partial charge in [-0.2, -0.15) is 0 Å². The van der Waals surface area contributed by atoms with E-state index in [0.29, 0.717) is 18.4 Å². The van der Waals surface area contributed by atoms with Crippen LogP contribution in [0, 0.1) is 22.0 Å². The topological polar surface area (TPSA) is 101 Å². The molecule has 1 saturated heterocycles. The van der Waals surface area contributed by atoms with Crippen molar-refractivity contribution in [3.05, 3.63) is 39.4 Å². The molecular weight excluding hydrogens is 374 g/mol. The molecular formula is C21H25N3O5. The number of nitro groups is 1. The Bertz CT molecular complexity index is 898. The first-order valence-electron chi connectivity index (χ1n) is 10.3. The van der Waals surface area contributed by atoms with Gasteiger partial charge in [-0.25, -0.2) is 0 Å². The fourth-order valence-corrected chi connectivity index (χ4v) is 5.33. The third kappa shape index (κ3) is 3.01. The molecule has 154 valence electrons. The fourth-order valence-electron chi connectivity index (χ4n) is 5.33. The van der Waals surface area contributed by atoms with Crippen molar-refractivity contribution in [1.82, 2.24) is 9.80 Å². The maximum absolute atomic E-state index is 13.4. The Hall–Kier alpha value is -2.77. The van der Waals surface area contributed by atoms with Gasteiger partial charge in [0.1, 0.15) is 11.6 Å². The van der Waals surface area contributed by atoms with E-state index in [4.69, 9.17) is 0 Å². The Balaban J connectivity index is 1.61. The van der Waals surface area contributed by atoms with Crippen LogP contribution in [0.25, 0.3) is 0 Å². The molecule has 0 N–H and O–H groups in total. The van der Waals surface area contributed by atoms with Crippen LogP contribution in [0.5, 0.6) is 0 Å². The molecule has 0 aromatic heterocycles. The number of piperidine rings is 1. The van der Waals surface area contributed by atoms with Crippen LogP contribution in [0.4, 0.5) is 5.69 Å². The molecule has 8 heteroatoms. The van der Waals surface area contributed by atoms with E-state index in [0.717, 1.165) is 30.6 Å². The maximum Gasteiger partial charge on any atom is 0.282 e. The largest absolute Gasteiger partial charge is 0.338 e. The summed E-state index contributed by atoms with van der Waals surface area (Å²) in [5.41, 5.74) is -0.626. The van der Waals surface area contributed by atoms with Gasteiger partial charge in [-0.15, -0.1) is 0 Å². The standard InChI is InChI=1S/C21H25N3O5/c1-12-10-11-22(16-8-4-3-6-14(12)16)19(25)13(2)23-20(26)15-7-5-9-17(24(28)29)18(15)21(23)27/h5,7,9,12-14,16H,3-4,6,8,10-11H2,1-2H3. The second-order valence-electron chi connectivity index (χ2n) is 8.43. The van der Waals surface area contributed by atoms with Crippen LogP contribution in [0.1, 0.15) is 66.7 Å². The van der Waals surface area contributed by atoms with Gasteiger partial charge in [0.2, 0.25) is 5.91 Å². The lowest BCUT2D eigenvalue weighted by atomic mass is 9.72. The highest BCUT2D eigenvalue weighted by Crippen LogP contribution is 2.40. The Morgan fingerprint density at radius 3 is 2.62 bits per heavy atom. The summed E-state index contributed by atoms with van der Waals surface area (Å²) in [4.78, 5) is 52.5. The van der Waals surface area contributed by atoms with Crippen molar-refractivity contribution in [3.8, 4) is 0 Å². The van der Waals surface area contributed by atoms with Crippen LogP contribution in [0.15, 0.2) is 18.2 Å². The van der Waals surface area contributed by atoms with Gasteiger partial charge in [-0.1, -0.05) is 25.8 Å². The van der Waals surface area contributed by atoms with Crippen molar-refractivity contribution in [2.45, 2.75) is 58.0 Å². The smallest absolute Gasteiger partial charge is 0.282 e. The Kier molecular flexibility index (Phi) is 4.88. The minimum atomic E-state index is -0.988. The third-order valence-corrected chi connectivity index (χ3v) is 6.89. The van der Waals surface area contributed by atoms with Gasteiger partial charge in [0.15, 0.2) is 0 Å². The molecule has 29 heavy (non-hydrogen) atoms. The molecule has 1 saturated carbocycles. The van der Waals surface area contributed by atoms with Crippen molar-refractivity contribution in [1.29, 1.82) is 0 Å². The molecule has 2 heterocycles. The molecule has 3 aliphatic rings. The van der Waals surface area contributed by atoms with E-state index >= 15 is 0 Å². The number of amides is 3. The summed E-state index contributed by atoms with van der Waals surface area (Å²) in [5.74, 6) is -0.631. The highest BCUT2D eigenvalue weighted by atomic mass is 16.6. The first-order valence-corrected chi connectivity index (χ1v) is 10.3. The Morgan fingerprint density at radius 2 is 1.90 bits per heavy atom. The monoisotopic (exact) mass is 399 g/mol. The predicted molar refractivity (Wildman–Crippen MR) is 104 cm³/mol. The number of carbonyl (C=O) groups is 3. The summed E-state index contributed by atoms with van der Waals surface area (Å²) >= 11 is 0. The Morgan fingerprint density at radius 1 is 1.17 bits per heavy atom. The second kappa shape index (κ2) is 7.24. The molecule has 1 aromatic rings. The van der Waals surface area contributed by atoms with Crippen LogP contribution in [0.3, 0.4) is 0 Å². The van der Waals surface area contributed by atoms with Gasteiger partial charge in [0.25, 0.3) is 17.5 Å². The molecule has 1 aromatic carbocycles. The second-order valence-corrected chi connectivity index (χ2v) is 8.43. The average molecular weight is 399 g/mol. The maximum atomic E-state index is 13.4. The zero-order chi connectivity index (χ0) is 20.9. The van der Waals surface area contributed by atoms with E-state index in [-0.39, 0.29) is 23.1 Å². The average Bonchev–Trinajstić information content (AvgIpc) is 2.98. The van der Waals surface area contributed by atoms with Crippen LogP contribution >= 0.6 is 0 Å². The van der Waals surface area contributed by atoms with Gasteiger partial charge in [-0.05, 0) is 44.1 Å². The molecule has 4 rings (SSSR count). The summed E-state index contributed by atoms with van der Waals surface area (Å²) < 4.78 is 0. The molecule has 1 aliphatic carbocycles. The number of imide groups is 1. The molecule has 2 fully saturated rings. The van der Waals surface area contributed by atoms with E-state index in [2.05, 4.69) is 6.92 Å². The van der Waals surface area contributed by atoms with Crippen molar-refractivity contribution in [2.24, 2.45) is 11.8 Å². The quantitative estimate of drug-likeness (QED) is 0.442. The van der Waals surface area contributed by atoms with Crippen LogP contribution in [-0.2, 0) is 4.79 Å². The number of carbonyl (C=O) groups excluding carboxylic acids is 3. The molecule has 0 bridgehead atoms. The number of likely N-dealkylation sites (tertiary alicyclic amines) is 1. The highest BCUT2D eigenvalue weighted by Gasteiger charge is 2.47. The lowest BCUT2D eigenvalue weighted by Crippen LogP contribution is -2.57. The molecule has 2 aliphatic heterocycles. The minimum Gasteiger partial charge on any atom is -0.338 e. The lowest BCUT2D eigenvalue weighted by Gasteiger charge is -2.48. The fraction of sp³-hybridized carbons (Fsp3) is 0.571. The number of hydrogen-bond donors (Lipinski definition) is 0. The number of rotatable bonds is 3. The molecule has 4 unspecified atom stereocenters. The first kappa shape index (κ1) is 19.5. The van der Waals surface area contributed by atoms with E-state index in [1.54, 1.807) is 6.92 Å². The van der Waals surface area contributed by atoms with Crippen molar-refractivity contribution < 1.29 is 19.3 Å². The molecule has 4 atom stereocenters. The molecule has 8 nitrogen and oxygen atoms in total. The van der Waals surface area contributed by atoms with E-state index in [1.807, 2.05) is 4.90 Å². The van der Waals surface area contributed by atoms with Crippen LogP contribution in [-0.4, -0.2) is 51.1 Å². The summed E-state index contributed by atoms with van der Waals surface area (Å²) in [5, 5.41) is 11.3. The summed E-state index contributed by atoms with van der Waals surface area (Å²) in [6.45, 7) is 4.40. The van der Waals surface area contributed by atoms with Crippen molar-refractivity contribution in [2.75, 3.05) is 6.54 Å². The summed E-state index contributed by atoms with van der Waals surface area (Å²) in [6, 6.07) is 3.15.